The van der Waals surface area contributed by atoms with Crippen molar-refractivity contribution in [1.29, 1.82) is 0 Å². The number of primary amides is 1. The summed E-state index contributed by atoms with van der Waals surface area (Å²) in [6.45, 7) is 1.53. The molecule has 7 heteroatoms. The van der Waals surface area contributed by atoms with Crippen molar-refractivity contribution in [3.05, 3.63) is 29.3 Å². The van der Waals surface area contributed by atoms with Gasteiger partial charge in [0.2, 0.25) is 15.9 Å². The van der Waals surface area contributed by atoms with Crippen molar-refractivity contribution >= 4 is 15.9 Å². The monoisotopic (exact) mass is 312 g/mol. The third kappa shape index (κ3) is 3.09. The predicted molar refractivity (Wildman–Crippen MR) is 78.3 cm³/mol. The molecule has 0 atom stereocenters. The Kier molecular flexibility index (Phi) is 4.65. The van der Waals surface area contributed by atoms with Gasteiger partial charge in [-0.15, -0.1) is 0 Å². The van der Waals surface area contributed by atoms with Gasteiger partial charge in [-0.05, 0) is 37.5 Å². The van der Waals surface area contributed by atoms with Gasteiger partial charge in [0, 0.05) is 18.2 Å². The molecule has 1 aromatic carbocycles. The highest BCUT2D eigenvalue weighted by molar-refractivity contribution is 7.89. The minimum atomic E-state index is -3.73. The van der Waals surface area contributed by atoms with Crippen molar-refractivity contribution in [2.75, 3.05) is 13.2 Å². The lowest BCUT2D eigenvalue weighted by Crippen LogP contribution is -2.45. The SMILES string of the molecule is Cc1ccc(S(=O)(=O)N(CCO)C2CCC2)cc1C(N)=O. The normalized spacial score (nSPS) is 16.0. The number of sulfonamides is 1. The number of nitrogens with two attached hydrogens (primary N) is 1. The molecule has 1 saturated carbocycles. The molecule has 0 aliphatic heterocycles. The number of carbonyl (C=O) groups excluding carboxylic acids is 1. The molecular formula is C14H20N2O4S. The summed E-state index contributed by atoms with van der Waals surface area (Å²) in [5, 5.41) is 9.12. The summed E-state index contributed by atoms with van der Waals surface area (Å²) in [4.78, 5) is 11.4. The number of nitrogens with zero attached hydrogens (tertiary/aromatic N) is 1. The Labute approximate surface area is 124 Å². The maximum atomic E-state index is 12.7. The van der Waals surface area contributed by atoms with Gasteiger partial charge < -0.3 is 10.8 Å². The third-order valence-electron chi connectivity index (χ3n) is 3.88. The van der Waals surface area contributed by atoms with Crippen molar-refractivity contribution in [3.63, 3.8) is 0 Å². The molecule has 1 aliphatic rings. The Bertz CT molecular complexity index is 638. The van der Waals surface area contributed by atoms with E-state index in [0.717, 1.165) is 19.3 Å². The highest BCUT2D eigenvalue weighted by atomic mass is 32.2. The van der Waals surface area contributed by atoms with E-state index < -0.39 is 15.9 Å². The first-order valence-corrected chi connectivity index (χ1v) is 8.35. The number of amides is 1. The molecule has 21 heavy (non-hydrogen) atoms. The molecule has 1 aromatic rings. The average Bonchev–Trinajstić information content (AvgIpc) is 2.36. The second-order valence-corrected chi connectivity index (χ2v) is 7.16. The van der Waals surface area contributed by atoms with Gasteiger partial charge in [-0.1, -0.05) is 12.5 Å². The third-order valence-corrected chi connectivity index (χ3v) is 5.83. The standard InChI is InChI=1S/C14H20N2O4S/c1-10-5-6-12(9-13(10)14(15)18)21(19,20)16(7-8-17)11-3-2-4-11/h5-6,9,11,17H,2-4,7-8H2,1H3,(H2,15,18). The molecule has 3 N–H and O–H groups in total. The molecule has 116 valence electrons. The van der Waals surface area contributed by atoms with E-state index in [1.807, 2.05) is 0 Å². The van der Waals surface area contributed by atoms with Crippen LogP contribution in [0.1, 0.15) is 35.2 Å². The van der Waals surface area contributed by atoms with E-state index in [1.165, 1.54) is 16.4 Å². The Morgan fingerprint density at radius 1 is 1.43 bits per heavy atom. The summed E-state index contributed by atoms with van der Waals surface area (Å²) in [6, 6.07) is 4.29. The summed E-state index contributed by atoms with van der Waals surface area (Å²) in [5.41, 5.74) is 6.11. The summed E-state index contributed by atoms with van der Waals surface area (Å²) < 4.78 is 26.7. The zero-order chi connectivity index (χ0) is 15.6. The highest BCUT2D eigenvalue weighted by Crippen LogP contribution is 2.30. The molecule has 6 nitrogen and oxygen atoms in total. The second-order valence-electron chi connectivity index (χ2n) is 5.27. The predicted octanol–water partition coefficient (Wildman–Crippen LogP) is 0.629. The van der Waals surface area contributed by atoms with Crippen molar-refractivity contribution in [2.24, 2.45) is 5.73 Å². The van der Waals surface area contributed by atoms with E-state index in [2.05, 4.69) is 0 Å². The number of aryl methyl sites for hydroxylation is 1. The summed E-state index contributed by atoms with van der Waals surface area (Å²) in [6.07, 6.45) is 2.59. The van der Waals surface area contributed by atoms with Gasteiger partial charge in [-0.25, -0.2) is 8.42 Å². The lowest BCUT2D eigenvalue weighted by atomic mass is 9.93. The number of carbonyl (C=O) groups is 1. The number of aliphatic hydroxyl groups excluding tert-OH is 1. The molecule has 1 amide bonds. The fourth-order valence-electron chi connectivity index (χ4n) is 2.43. The Balaban J connectivity index is 2.41. The van der Waals surface area contributed by atoms with Crippen molar-refractivity contribution in [3.8, 4) is 0 Å². The smallest absolute Gasteiger partial charge is 0.249 e. The molecule has 0 unspecified atom stereocenters. The van der Waals surface area contributed by atoms with Gasteiger partial charge in [-0.2, -0.15) is 4.31 Å². The molecule has 0 heterocycles. The number of benzene rings is 1. The second kappa shape index (κ2) is 6.13. The van der Waals surface area contributed by atoms with Gasteiger partial charge in [0.15, 0.2) is 0 Å². The highest BCUT2D eigenvalue weighted by Gasteiger charge is 2.34. The van der Waals surface area contributed by atoms with Gasteiger partial charge in [0.25, 0.3) is 0 Å². The van der Waals surface area contributed by atoms with Gasteiger partial charge in [0.05, 0.1) is 11.5 Å². The zero-order valence-electron chi connectivity index (χ0n) is 11.9. The molecule has 0 aromatic heterocycles. The van der Waals surface area contributed by atoms with Crippen molar-refractivity contribution in [1.82, 2.24) is 4.31 Å². The first kappa shape index (κ1) is 15.9. The summed E-state index contributed by atoms with van der Waals surface area (Å²) >= 11 is 0. The number of hydrogen-bond donors (Lipinski definition) is 2. The molecule has 0 radical (unpaired) electrons. The largest absolute Gasteiger partial charge is 0.395 e. The van der Waals surface area contributed by atoms with Crippen LogP contribution in [0, 0.1) is 6.92 Å². The molecule has 0 saturated heterocycles. The van der Waals surface area contributed by atoms with E-state index in [1.54, 1.807) is 13.0 Å². The van der Waals surface area contributed by atoms with Crippen LogP contribution in [0.25, 0.3) is 0 Å². The summed E-state index contributed by atoms with van der Waals surface area (Å²) in [5.74, 6) is -0.651. The lowest BCUT2D eigenvalue weighted by Gasteiger charge is -2.36. The first-order valence-electron chi connectivity index (χ1n) is 6.91. The van der Waals surface area contributed by atoms with E-state index in [0.29, 0.717) is 5.56 Å². The van der Waals surface area contributed by atoms with Gasteiger partial charge >= 0.3 is 0 Å². The fourth-order valence-corrected chi connectivity index (χ4v) is 4.14. The van der Waals surface area contributed by atoms with Crippen LogP contribution in [-0.4, -0.2) is 42.9 Å². The average molecular weight is 312 g/mol. The fraction of sp³-hybridized carbons (Fsp3) is 0.500. The van der Waals surface area contributed by atoms with E-state index in [4.69, 9.17) is 10.8 Å². The van der Waals surface area contributed by atoms with E-state index in [-0.39, 0.29) is 29.7 Å². The maximum absolute atomic E-state index is 12.7. The lowest BCUT2D eigenvalue weighted by molar-refractivity contribution is 0.0999. The molecule has 1 fully saturated rings. The van der Waals surface area contributed by atoms with Crippen molar-refractivity contribution < 1.29 is 18.3 Å². The molecule has 0 bridgehead atoms. The first-order chi connectivity index (χ1) is 9.87. The van der Waals surface area contributed by atoms with Crippen LogP contribution < -0.4 is 5.73 Å². The van der Waals surface area contributed by atoms with E-state index in [9.17, 15) is 13.2 Å². The Morgan fingerprint density at radius 2 is 2.10 bits per heavy atom. The quantitative estimate of drug-likeness (QED) is 0.804. The van der Waals surface area contributed by atoms with Crippen LogP contribution >= 0.6 is 0 Å². The molecule has 2 rings (SSSR count). The number of hydrogen-bond acceptors (Lipinski definition) is 4. The minimum absolute atomic E-state index is 0.0437. The van der Waals surface area contributed by atoms with Crippen LogP contribution in [-0.2, 0) is 10.0 Å². The number of rotatable bonds is 6. The van der Waals surface area contributed by atoms with Crippen LogP contribution in [0.5, 0.6) is 0 Å². The molecular weight excluding hydrogens is 292 g/mol. The summed E-state index contributed by atoms with van der Waals surface area (Å²) in [7, 11) is -3.73. The van der Waals surface area contributed by atoms with Gasteiger partial charge in [0.1, 0.15) is 0 Å². The maximum Gasteiger partial charge on any atom is 0.249 e. The zero-order valence-corrected chi connectivity index (χ0v) is 12.8. The van der Waals surface area contributed by atoms with Gasteiger partial charge in [-0.3, -0.25) is 4.79 Å². The van der Waals surface area contributed by atoms with Crippen LogP contribution in [0.15, 0.2) is 23.1 Å². The Hall–Kier alpha value is -1.44. The van der Waals surface area contributed by atoms with Crippen LogP contribution in [0.2, 0.25) is 0 Å². The van der Waals surface area contributed by atoms with E-state index >= 15 is 0 Å². The minimum Gasteiger partial charge on any atom is -0.395 e. The number of aliphatic hydroxyl groups is 1. The molecule has 1 aliphatic carbocycles. The van der Waals surface area contributed by atoms with Crippen LogP contribution in [0.4, 0.5) is 0 Å². The van der Waals surface area contributed by atoms with Crippen molar-refractivity contribution in [2.45, 2.75) is 37.1 Å². The van der Waals surface area contributed by atoms with Crippen LogP contribution in [0.3, 0.4) is 0 Å². The topological polar surface area (TPSA) is 101 Å². The Morgan fingerprint density at radius 3 is 2.57 bits per heavy atom. The molecule has 0 spiro atoms.